The van der Waals surface area contributed by atoms with E-state index in [2.05, 4.69) is 29.0 Å². The molecule has 43 heavy (non-hydrogen) atoms. The smallest absolute Gasteiger partial charge is 0.229 e. The highest BCUT2D eigenvalue weighted by molar-refractivity contribution is 7.92. The van der Waals surface area contributed by atoms with Crippen LogP contribution in [0.4, 0.5) is 17.1 Å². The summed E-state index contributed by atoms with van der Waals surface area (Å²) in [5.74, 6) is 0.540. The van der Waals surface area contributed by atoms with Gasteiger partial charge in [0.25, 0.3) is 0 Å². The number of aryl methyl sites for hydroxylation is 1. The molecule has 0 aliphatic carbocycles. The van der Waals surface area contributed by atoms with Crippen LogP contribution >= 0.6 is 23.6 Å². The molecule has 2 N–H and O–H groups in total. The summed E-state index contributed by atoms with van der Waals surface area (Å²) in [6, 6.07) is 33.0. The second-order valence-corrected chi connectivity index (χ2v) is 12.9. The number of hydrogen-bond donors (Lipinski definition) is 2. The molecule has 0 aromatic heterocycles. The van der Waals surface area contributed by atoms with Gasteiger partial charge < -0.3 is 9.84 Å². The van der Waals surface area contributed by atoms with Gasteiger partial charge >= 0.3 is 0 Å². The van der Waals surface area contributed by atoms with Gasteiger partial charge in [0.1, 0.15) is 12.4 Å². The zero-order valence-corrected chi connectivity index (χ0v) is 26.4. The van der Waals surface area contributed by atoms with E-state index in [0.29, 0.717) is 37.4 Å². The summed E-state index contributed by atoms with van der Waals surface area (Å²) < 4.78 is 34.3. The van der Waals surface area contributed by atoms with Crippen LogP contribution in [0.5, 0.6) is 5.75 Å². The Morgan fingerprint density at radius 1 is 0.744 bits per heavy atom. The zero-order chi connectivity index (χ0) is 30.7. The summed E-state index contributed by atoms with van der Waals surface area (Å²) in [6.45, 7) is 1.32. The number of anilines is 3. The number of aliphatic hydroxyl groups is 1. The Bertz CT molecular complexity index is 1530. The average Bonchev–Trinajstić information content (AvgIpc) is 3.01. The summed E-state index contributed by atoms with van der Waals surface area (Å²) in [4.78, 5) is 0. The van der Waals surface area contributed by atoms with Gasteiger partial charge in [0.2, 0.25) is 10.0 Å². The van der Waals surface area contributed by atoms with Crippen molar-refractivity contribution >= 4 is 50.6 Å². The summed E-state index contributed by atoms with van der Waals surface area (Å²) in [6.07, 6.45) is 3.07. The maximum absolute atomic E-state index is 11.4. The van der Waals surface area contributed by atoms with Crippen molar-refractivity contribution in [3.8, 4) is 5.75 Å². The van der Waals surface area contributed by atoms with E-state index in [0.717, 1.165) is 36.0 Å². The van der Waals surface area contributed by atoms with Crippen LogP contribution in [0, 0.1) is 0 Å². The van der Waals surface area contributed by atoms with Gasteiger partial charge in [-0.3, -0.25) is 13.6 Å². The Kier molecular flexibility index (Phi) is 12.0. The monoisotopic (exact) mass is 641 g/mol. The fourth-order valence-electron chi connectivity index (χ4n) is 4.55. The number of aliphatic hydroxyl groups excluding tert-OH is 1. The number of ether oxygens (including phenoxy) is 1. The van der Waals surface area contributed by atoms with Gasteiger partial charge in [-0.2, -0.15) is 0 Å². The molecule has 0 spiro atoms. The first-order chi connectivity index (χ1) is 20.7. The molecular formula is C33H37Cl2N3O4S. The maximum Gasteiger partial charge on any atom is 0.229 e. The van der Waals surface area contributed by atoms with E-state index < -0.39 is 16.1 Å². The molecule has 1 unspecified atom stereocenters. The SMILES string of the molecule is CS(=O)(=O)Nc1ccc(OCC(O)CCc2ccc(N(Cl)CCc3ccccc3)c(N(Cl)CCc3ccccc3)c2)cc1. The van der Waals surface area contributed by atoms with Gasteiger partial charge in [-0.25, -0.2) is 8.42 Å². The van der Waals surface area contributed by atoms with E-state index in [4.69, 9.17) is 28.3 Å². The normalized spacial score (nSPS) is 12.0. The van der Waals surface area contributed by atoms with Gasteiger partial charge in [-0.15, -0.1) is 0 Å². The summed E-state index contributed by atoms with van der Waals surface area (Å²) in [5, 5.41) is 10.6. The summed E-state index contributed by atoms with van der Waals surface area (Å²) in [5.41, 5.74) is 5.50. The molecule has 228 valence electrons. The minimum Gasteiger partial charge on any atom is -0.491 e. The topological polar surface area (TPSA) is 82.1 Å². The Hall–Kier alpha value is -3.43. The summed E-state index contributed by atoms with van der Waals surface area (Å²) in [7, 11) is -3.35. The second-order valence-electron chi connectivity index (χ2n) is 10.4. The Morgan fingerprint density at radius 2 is 1.30 bits per heavy atom. The molecule has 0 aliphatic heterocycles. The molecule has 0 bridgehead atoms. The molecule has 7 nitrogen and oxygen atoms in total. The van der Waals surface area contributed by atoms with Crippen LogP contribution in [-0.2, 0) is 29.3 Å². The van der Waals surface area contributed by atoms with E-state index in [1.54, 1.807) is 33.1 Å². The molecule has 0 amide bonds. The molecule has 0 saturated carbocycles. The number of rotatable bonds is 16. The van der Waals surface area contributed by atoms with Crippen LogP contribution in [-0.4, -0.2) is 45.6 Å². The number of benzene rings is 4. The lowest BCUT2D eigenvalue weighted by atomic mass is 10.0. The molecule has 1 atom stereocenters. The molecule has 0 saturated heterocycles. The fraction of sp³-hybridized carbons (Fsp3) is 0.273. The van der Waals surface area contributed by atoms with Crippen molar-refractivity contribution in [1.29, 1.82) is 0 Å². The number of nitrogens with zero attached hydrogens (tertiary/aromatic N) is 2. The number of hydrogen-bond acceptors (Lipinski definition) is 6. The number of sulfonamides is 1. The lowest BCUT2D eigenvalue weighted by molar-refractivity contribution is 0.100. The van der Waals surface area contributed by atoms with Crippen molar-refractivity contribution in [3.05, 3.63) is 120 Å². The standard InChI is InChI=1S/C33H37Cl2N3O4S/c1-43(40,41)36-29-14-17-31(18-15-29)42-25-30(39)16-12-28-13-19-32(37(34)22-20-26-8-4-2-5-9-26)33(24-28)38(35)23-21-27-10-6-3-7-11-27/h2-11,13-15,17-19,24,30,36,39H,12,16,20-23,25H2,1H3. The highest BCUT2D eigenvalue weighted by Gasteiger charge is 2.17. The van der Waals surface area contributed by atoms with Crippen molar-refractivity contribution in [3.63, 3.8) is 0 Å². The van der Waals surface area contributed by atoms with Gasteiger partial charge in [-0.05, 0) is 78.8 Å². The maximum atomic E-state index is 11.4. The van der Waals surface area contributed by atoms with E-state index in [9.17, 15) is 13.5 Å². The first kappa shape index (κ1) is 32.5. The molecule has 4 aromatic rings. The molecule has 0 fully saturated rings. The quantitative estimate of drug-likeness (QED) is 0.130. The predicted molar refractivity (Wildman–Crippen MR) is 178 cm³/mol. The zero-order valence-electron chi connectivity index (χ0n) is 24.1. The summed E-state index contributed by atoms with van der Waals surface area (Å²) >= 11 is 13.7. The average molecular weight is 643 g/mol. The van der Waals surface area contributed by atoms with Gasteiger partial charge in [0.05, 0.1) is 23.7 Å². The van der Waals surface area contributed by atoms with Crippen molar-refractivity contribution in [2.45, 2.75) is 31.8 Å². The van der Waals surface area contributed by atoms with Crippen LogP contribution < -0.4 is 18.3 Å². The number of nitrogens with one attached hydrogen (secondary N) is 1. The lowest BCUT2D eigenvalue weighted by Crippen LogP contribution is -2.21. The van der Waals surface area contributed by atoms with E-state index in [1.807, 2.05) is 54.6 Å². The lowest BCUT2D eigenvalue weighted by Gasteiger charge is -2.25. The minimum atomic E-state index is -3.35. The van der Waals surface area contributed by atoms with E-state index in [1.165, 1.54) is 11.1 Å². The van der Waals surface area contributed by atoms with Crippen LogP contribution in [0.1, 0.15) is 23.1 Å². The predicted octanol–water partition coefficient (Wildman–Crippen LogP) is 6.84. The molecule has 4 rings (SSSR count). The Balaban J connectivity index is 1.38. The molecule has 0 aliphatic rings. The van der Waals surface area contributed by atoms with Crippen LogP contribution in [0.2, 0.25) is 0 Å². The molecule has 10 heteroatoms. The van der Waals surface area contributed by atoms with Crippen molar-refractivity contribution < 1.29 is 18.3 Å². The number of halogens is 2. The van der Waals surface area contributed by atoms with E-state index in [-0.39, 0.29) is 6.61 Å². The van der Waals surface area contributed by atoms with Crippen molar-refractivity contribution in [2.75, 3.05) is 39.5 Å². The van der Waals surface area contributed by atoms with Crippen molar-refractivity contribution in [2.24, 2.45) is 0 Å². The third-order valence-corrected chi connectivity index (χ3v) is 8.12. The largest absolute Gasteiger partial charge is 0.491 e. The Labute approximate surface area is 264 Å². The van der Waals surface area contributed by atoms with Crippen LogP contribution in [0.25, 0.3) is 0 Å². The third kappa shape index (κ3) is 11.0. The molecule has 4 aromatic carbocycles. The van der Waals surface area contributed by atoms with Gasteiger partial charge in [0.15, 0.2) is 0 Å². The molecular weight excluding hydrogens is 605 g/mol. The highest BCUT2D eigenvalue weighted by Crippen LogP contribution is 2.34. The first-order valence-electron chi connectivity index (χ1n) is 14.1. The Morgan fingerprint density at radius 3 is 1.86 bits per heavy atom. The molecule has 0 heterocycles. The third-order valence-electron chi connectivity index (χ3n) is 6.81. The van der Waals surface area contributed by atoms with Gasteiger partial charge in [-0.1, -0.05) is 66.7 Å². The van der Waals surface area contributed by atoms with Crippen molar-refractivity contribution in [1.82, 2.24) is 0 Å². The van der Waals surface area contributed by atoms with E-state index >= 15 is 0 Å². The highest BCUT2D eigenvalue weighted by atomic mass is 35.5. The second kappa shape index (κ2) is 15.9. The molecule has 0 radical (unpaired) electrons. The minimum absolute atomic E-state index is 0.109. The first-order valence-corrected chi connectivity index (χ1v) is 16.7. The van der Waals surface area contributed by atoms with Crippen LogP contribution in [0.15, 0.2) is 103 Å². The fourth-order valence-corrected chi connectivity index (χ4v) is 5.56. The van der Waals surface area contributed by atoms with Crippen LogP contribution in [0.3, 0.4) is 0 Å². The van der Waals surface area contributed by atoms with Gasteiger partial charge in [0, 0.05) is 42.3 Å².